The number of urea groups is 1. The summed E-state index contributed by atoms with van der Waals surface area (Å²) in [6.45, 7) is -0.0284. The van der Waals surface area contributed by atoms with Crippen LogP contribution in [-0.2, 0) is 6.54 Å². The number of hydroxylamine groups is 2. The fourth-order valence-corrected chi connectivity index (χ4v) is 2.28. The van der Waals surface area contributed by atoms with E-state index in [2.05, 4.69) is 4.98 Å². The molecule has 2 amide bonds. The Kier molecular flexibility index (Phi) is 3.81. The van der Waals surface area contributed by atoms with Gasteiger partial charge in [0.05, 0.1) is 12.2 Å². The van der Waals surface area contributed by atoms with E-state index in [0.717, 1.165) is 10.6 Å². The molecule has 2 rings (SSSR count). The monoisotopic (exact) mass is 283 g/mol. The molecule has 94 valence electrons. The van der Waals surface area contributed by atoms with Gasteiger partial charge in [-0.1, -0.05) is 23.7 Å². The Balaban J connectivity index is 2.15. The fourth-order valence-electron chi connectivity index (χ4n) is 1.34. The van der Waals surface area contributed by atoms with Crippen molar-refractivity contribution >= 4 is 29.0 Å². The molecule has 1 heterocycles. The lowest BCUT2D eigenvalue weighted by atomic mass is 10.2. The molecule has 0 saturated carbocycles. The Bertz CT molecular complexity index is 556. The van der Waals surface area contributed by atoms with Gasteiger partial charge in [-0.3, -0.25) is 5.21 Å². The number of hydrogen-bond donors (Lipinski definition) is 2. The highest BCUT2D eigenvalue weighted by molar-refractivity contribution is 7.13. The Labute approximate surface area is 112 Å². The standard InChI is InChI=1S/C11H10ClN3O2S/c12-8-3-1-7(2-4-8)10-14-9(6-18-10)5-15(17)11(13)16/h1-4,6,17H,5H2,(H2,13,16). The van der Waals surface area contributed by atoms with Crippen molar-refractivity contribution in [3.05, 3.63) is 40.4 Å². The first-order valence-corrected chi connectivity index (χ1v) is 6.28. The van der Waals surface area contributed by atoms with Gasteiger partial charge in [-0.05, 0) is 12.1 Å². The van der Waals surface area contributed by atoms with Crippen molar-refractivity contribution in [2.45, 2.75) is 6.54 Å². The zero-order valence-corrected chi connectivity index (χ0v) is 10.8. The highest BCUT2D eigenvalue weighted by Gasteiger charge is 2.10. The predicted octanol–water partition coefficient (Wildman–Crippen LogP) is 2.73. The first kappa shape index (κ1) is 12.8. The molecule has 0 saturated heterocycles. The number of aromatic nitrogens is 1. The number of benzene rings is 1. The van der Waals surface area contributed by atoms with Crippen LogP contribution in [0.1, 0.15) is 5.69 Å². The van der Waals surface area contributed by atoms with Gasteiger partial charge in [-0.25, -0.2) is 14.8 Å². The lowest BCUT2D eigenvalue weighted by molar-refractivity contribution is -0.0478. The van der Waals surface area contributed by atoms with Crippen LogP contribution < -0.4 is 5.73 Å². The number of primary amides is 1. The summed E-state index contributed by atoms with van der Waals surface area (Å²) in [5.41, 5.74) is 6.42. The smallest absolute Gasteiger partial charge is 0.338 e. The third-order valence-corrected chi connectivity index (χ3v) is 3.40. The number of nitrogens with two attached hydrogens (primary N) is 1. The molecule has 7 heteroatoms. The molecule has 1 aromatic heterocycles. The van der Waals surface area contributed by atoms with E-state index in [4.69, 9.17) is 17.3 Å². The number of carbonyl (C=O) groups is 1. The van der Waals surface area contributed by atoms with E-state index in [9.17, 15) is 10.0 Å². The maximum atomic E-state index is 10.7. The molecule has 0 aliphatic heterocycles. The van der Waals surface area contributed by atoms with Gasteiger partial charge < -0.3 is 5.73 Å². The minimum Gasteiger partial charge on any atom is -0.350 e. The second-order valence-electron chi connectivity index (χ2n) is 3.55. The van der Waals surface area contributed by atoms with Gasteiger partial charge in [0.1, 0.15) is 5.01 Å². The van der Waals surface area contributed by atoms with Crippen LogP contribution >= 0.6 is 22.9 Å². The Morgan fingerprint density at radius 3 is 2.72 bits per heavy atom. The third-order valence-electron chi connectivity index (χ3n) is 2.21. The van der Waals surface area contributed by atoms with Crippen molar-refractivity contribution in [3.8, 4) is 10.6 Å². The molecule has 0 unspecified atom stereocenters. The summed E-state index contributed by atoms with van der Waals surface area (Å²) in [5.74, 6) is 0. The molecule has 2 aromatic rings. The van der Waals surface area contributed by atoms with Crippen LogP contribution in [0, 0.1) is 0 Å². The summed E-state index contributed by atoms with van der Waals surface area (Å²) < 4.78 is 0. The van der Waals surface area contributed by atoms with Gasteiger partial charge in [0, 0.05) is 16.0 Å². The van der Waals surface area contributed by atoms with E-state index >= 15 is 0 Å². The van der Waals surface area contributed by atoms with Crippen LogP contribution in [-0.4, -0.2) is 21.3 Å². The zero-order valence-electron chi connectivity index (χ0n) is 9.21. The predicted molar refractivity (Wildman–Crippen MR) is 69.5 cm³/mol. The molecule has 5 nitrogen and oxygen atoms in total. The fraction of sp³-hybridized carbons (Fsp3) is 0.0909. The minimum atomic E-state index is -0.906. The van der Waals surface area contributed by atoms with Crippen LogP contribution in [0.4, 0.5) is 4.79 Å². The summed E-state index contributed by atoms with van der Waals surface area (Å²) >= 11 is 7.22. The molecule has 0 fully saturated rings. The van der Waals surface area contributed by atoms with Crippen LogP contribution in [0.3, 0.4) is 0 Å². The summed E-state index contributed by atoms with van der Waals surface area (Å²) in [4.78, 5) is 15.0. The molecule has 0 aliphatic carbocycles. The quantitative estimate of drug-likeness (QED) is 0.671. The molecular formula is C11H10ClN3O2S. The van der Waals surface area contributed by atoms with Crippen LogP contribution in [0.15, 0.2) is 29.6 Å². The molecular weight excluding hydrogens is 274 g/mol. The lowest BCUT2D eigenvalue weighted by Gasteiger charge is -2.08. The molecule has 3 N–H and O–H groups in total. The Morgan fingerprint density at radius 1 is 1.44 bits per heavy atom. The maximum Gasteiger partial charge on any atom is 0.338 e. The second kappa shape index (κ2) is 5.34. The summed E-state index contributed by atoms with van der Waals surface area (Å²) in [5, 5.41) is 12.8. The SMILES string of the molecule is NC(=O)N(O)Cc1csc(-c2ccc(Cl)cc2)n1. The average molecular weight is 284 g/mol. The Hall–Kier alpha value is -1.63. The van der Waals surface area contributed by atoms with Crippen LogP contribution in [0.2, 0.25) is 5.02 Å². The van der Waals surface area contributed by atoms with E-state index < -0.39 is 6.03 Å². The molecule has 0 spiro atoms. The Morgan fingerprint density at radius 2 is 2.11 bits per heavy atom. The van der Waals surface area contributed by atoms with E-state index in [0.29, 0.717) is 15.8 Å². The zero-order chi connectivity index (χ0) is 13.1. The number of amides is 2. The molecule has 0 atom stereocenters. The number of rotatable bonds is 3. The second-order valence-corrected chi connectivity index (χ2v) is 4.84. The lowest BCUT2D eigenvalue weighted by Crippen LogP contribution is -2.32. The van der Waals surface area contributed by atoms with Gasteiger partial charge in [-0.2, -0.15) is 0 Å². The van der Waals surface area contributed by atoms with Crippen molar-refractivity contribution in [3.63, 3.8) is 0 Å². The van der Waals surface area contributed by atoms with E-state index in [1.165, 1.54) is 11.3 Å². The number of thiazole rings is 1. The van der Waals surface area contributed by atoms with E-state index in [-0.39, 0.29) is 6.54 Å². The molecule has 0 aliphatic rings. The minimum absolute atomic E-state index is 0.0284. The first-order valence-electron chi connectivity index (χ1n) is 5.02. The number of halogens is 1. The van der Waals surface area contributed by atoms with Crippen molar-refractivity contribution < 1.29 is 10.0 Å². The van der Waals surface area contributed by atoms with Gasteiger partial charge >= 0.3 is 6.03 Å². The third kappa shape index (κ3) is 2.98. The molecule has 1 aromatic carbocycles. The van der Waals surface area contributed by atoms with Gasteiger partial charge in [0.25, 0.3) is 0 Å². The van der Waals surface area contributed by atoms with Crippen LogP contribution in [0.25, 0.3) is 10.6 Å². The summed E-state index contributed by atoms with van der Waals surface area (Å²) in [7, 11) is 0. The topological polar surface area (TPSA) is 79.5 Å². The van der Waals surface area contributed by atoms with E-state index in [1.54, 1.807) is 17.5 Å². The summed E-state index contributed by atoms with van der Waals surface area (Å²) in [6.07, 6.45) is 0. The largest absolute Gasteiger partial charge is 0.350 e. The van der Waals surface area contributed by atoms with Gasteiger partial charge in [0.15, 0.2) is 0 Å². The number of carbonyl (C=O) groups excluding carboxylic acids is 1. The number of nitrogens with zero attached hydrogens (tertiary/aromatic N) is 2. The number of hydrogen-bond acceptors (Lipinski definition) is 4. The normalized spacial score (nSPS) is 10.3. The van der Waals surface area contributed by atoms with Gasteiger partial charge in [0.2, 0.25) is 0 Å². The molecule has 18 heavy (non-hydrogen) atoms. The van der Waals surface area contributed by atoms with Crippen molar-refractivity contribution in [2.24, 2.45) is 5.73 Å². The average Bonchev–Trinajstić information content (AvgIpc) is 2.78. The maximum absolute atomic E-state index is 10.7. The molecule has 0 bridgehead atoms. The highest BCUT2D eigenvalue weighted by atomic mass is 35.5. The summed E-state index contributed by atoms with van der Waals surface area (Å²) in [6, 6.07) is 6.36. The highest BCUT2D eigenvalue weighted by Crippen LogP contribution is 2.25. The molecule has 0 radical (unpaired) electrons. The van der Waals surface area contributed by atoms with Gasteiger partial charge in [-0.15, -0.1) is 11.3 Å². The van der Waals surface area contributed by atoms with Crippen molar-refractivity contribution in [1.29, 1.82) is 0 Å². The van der Waals surface area contributed by atoms with Crippen molar-refractivity contribution in [2.75, 3.05) is 0 Å². The van der Waals surface area contributed by atoms with E-state index in [1.807, 2.05) is 12.1 Å². The van der Waals surface area contributed by atoms with Crippen LogP contribution in [0.5, 0.6) is 0 Å². The van der Waals surface area contributed by atoms with Crippen molar-refractivity contribution in [1.82, 2.24) is 10.0 Å². The first-order chi connectivity index (χ1) is 8.56.